The van der Waals surface area contributed by atoms with Gasteiger partial charge >= 0.3 is 5.97 Å². The fourth-order valence-electron chi connectivity index (χ4n) is 1.03. The van der Waals surface area contributed by atoms with Crippen molar-refractivity contribution < 1.29 is 19.1 Å². The molecule has 0 bridgehead atoms. The van der Waals surface area contributed by atoms with E-state index in [2.05, 4.69) is 0 Å². The highest BCUT2D eigenvalue weighted by molar-refractivity contribution is 5.89. The first-order chi connectivity index (χ1) is 6.06. The average Bonchev–Trinajstić information content (AvgIpc) is 2.03. The van der Waals surface area contributed by atoms with Gasteiger partial charge in [-0.1, -0.05) is 0 Å². The Kier molecular flexibility index (Phi) is 2.41. The maximum atomic E-state index is 13.0. The van der Waals surface area contributed by atoms with Gasteiger partial charge in [0.15, 0.2) is 6.29 Å². The predicted octanol–water partition coefficient (Wildman–Crippen LogP) is 1.64. The fraction of sp³-hybridized carbons (Fsp3) is 0.111. The van der Waals surface area contributed by atoms with Gasteiger partial charge in [-0.25, -0.2) is 9.18 Å². The van der Waals surface area contributed by atoms with E-state index in [-0.39, 0.29) is 11.1 Å². The number of aryl methyl sites for hydroxylation is 1. The number of halogens is 1. The van der Waals surface area contributed by atoms with Crippen molar-refractivity contribution in [2.45, 2.75) is 6.92 Å². The van der Waals surface area contributed by atoms with E-state index in [1.807, 2.05) is 0 Å². The van der Waals surface area contributed by atoms with Gasteiger partial charge in [0.2, 0.25) is 0 Å². The van der Waals surface area contributed by atoms with Gasteiger partial charge in [-0.2, -0.15) is 0 Å². The molecule has 0 radical (unpaired) electrons. The summed E-state index contributed by atoms with van der Waals surface area (Å²) in [6.07, 6.45) is 0.371. The Labute approximate surface area is 73.8 Å². The van der Waals surface area contributed by atoms with Crippen LogP contribution in [0.4, 0.5) is 4.39 Å². The molecule has 1 rings (SSSR count). The van der Waals surface area contributed by atoms with E-state index >= 15 is 0 Å². The van der Waals surface area contributed by atoms with Crippen LogP contribution in [0.25, 0.3) is 0 Å². The normalized spacial score (nSPS) is 9.69. The molecule has 1 aromatic rings. The van der Waals surface area contributed by atoms with E-state index in [9.17, 15) is 14.0 Å². The second-order valence-electron chi connectivity index (χ2n) is 2.61. The molecule has 1 N–H and O–H groups in total. The zero-order chi connectivity index (χ0) is 10.0. The molecule has 0 aliphatic rings. The number of carbonyl (C=O) groups is 2. The lowest BCUT2D eigenvalue weighted by Crippen LogP contribution is -2.01. The van der Waals surface area contributed by atoms with Crippen LogP contribution >= 0.6 is 0 Å². The first-order valence-corrected chi connectivity index (χ1v) is 3.55. The Morgan fingerprint density at radius 3 is 2.54 bits per heavy atom. The van der Waals surface area contributed by atoms with Crippen LogP contribution in [-0.2, 0) is 0 Å². The minimum Gasteiger partial charge on any atom is -0.478 e. The number of hydrogen-bond donors (Lipinski definition) is 1. The van der Waals surface area contributed by atoms with Crippen molar-refractivity contribution in [3.05, 3.63) is 34.6 Å². The molecule has 0 spiro atoms. The van der Waals surface area contributed by atoms with Crippen LogP contribution in [0, 0.1) is 12.7 Å². The molecule has 0 saturated heterocycles. The molecule has 3 nitrogen and oxygen atoms in total. The second kappa shape index (κ2) is 3.35. The van der Waals surface area contributed by atoms with Gasteiger partial charge in [0.05, 0.1) is 11.1 Å². The van der Waals surface area contributed by atoms with Gasteiger partial charge in [0, 0.05) is 0 Å². The molecule has 0 aliphatic heterocycles. The van der Waals surface area contributed by atoms with Crippen LogP contribution in [0.2, 0.25) is 0 Å². The minimum atomic E-state index is -1.21. The molecule has 0 aromatic heterocycles. The molecular weight excluding hydrogens is 175 g/mol. The molecule has 1 aromatic carbocycles. The molecule has 0 atom stereocenters. The zero-order valence-electron chi connectivity index (χ0n) is 6.87. The summed E-state index contributed by atoms with van der Waals surface area (Å²) < 4.78 is 13.0. The summed E-state index contributed by atoms with van der Waals surface area (Å²) >= 11 is 0. The topological polar surface area (TPSA) is 54.4 Å². The summed E-state index contributed by atoms with van der Waals surface area (Å²) in [6.45, 7) is 1.49. The van der Waals surface area contributed by atoms with Crippen molar-refractivity contribution in [2.75, 3.05) is 0 Å². The monoisotopic (exact) mass is 182 g/mol. The minimum absolute atomic E-state index is 0.0926. The lowest BCUT2D eigenvalue weighted by atomic mass is 10.1. The van der Waals surface area contributed by atoms with Gasteiger partial charge in [-0.3, -0.25) is 4.79 Å². The van der Waals surface area contributed by atoms with Crippen LogP contribution in [0.15, 0.2) is 12.1 Å². The number of rotatable bonds is 2. The summed E-state index contributed by atoms with van der Waals surface area (Å²) in [5.74, 6) is -2.01. The maximum absolute atomic E-state index is 13.0. The first-order valence-electron chi connectivity index (χ1n) is 3.55. The maximum Gasteiger partial charge on any atom is 0.335 e. The zero-order valence-corrected chi connectivity index (χ0v) is 6.87. The number of carbonyl (C=O) groups excluding carboxylic acids is 1. The molecule has 0 unspecified atom stereocenters. The molecule has 0 heterocycles. The average molecular weight is 182 g/mol. The molecule has 0 saturated carbocycles. The van der Waals surface area contributed by atoms with Crippen LogP contribution in [0.5, 0.6) is 0 Å². The lowest BCUT2D eigenvalue weighted by Gasteiger charge is -2.01. The number of aromatic carboxylic acids is 1. The van der Waals surface area contributed by atoms with E-state index in [0.717, 1.165) is 6.07 Å². The number of carboxylic acids is 1. The number of carboxylic acid groups (broad SMARTS) is 1. The van der Waals surface area contributed by atoms with Gasteiger partial charge in [-0.05, 0) is 24.6 Å². The summed E-state index contributed by atoms with van der Waals surface area (Å²) in [4.78, 5) is 20.8. The van der Waals surface area contributed by atoms with E-state index < -0.39 is 11.8 Å². The summed E-state index contributed by atoms with van der Waals surface area (Å²) in [7, 11) is 0. The van der Waals surface area contributed by atoms with E-state index in [1.165, 1.54) is 13.0 Å². The highest BCUT2D eigenvalue weighted by atomic mass is 19.1. The Morgan fingerprint density at radius 2 is 2.15 bits per heavy atom. The third kappa shape index (κ3) is 1.72. The summed E-state index contributed by atoms with van der Waals surface area (Å²) in [5, 5.41) is 8.54. The molecule has 68 valence electrons. The molecule has 13 heavy (non-hydrogen) atoms. The van der Waals surface area contributed by atoms with Crippen molar-refractivity contribution in [2.24, 2.45) is 0 Å². The third-order valence-corrected chi connectivity index (χ3v) is 1.70. The largest absolute Gasteiger partial charge is 0.478 e. The van der Waals surface area contributed by atoms with Gasteiger partial charge in [-0.15, -0.1) is 0 Å². The van der Waals surface area contributed by atoms with Crippen molar-refractivity contribution >= 4 is 12.3 Å². The van der Waals surface area contributed by atoms with Crippen LogP contribution in [0.1, 0.15) is 26.3 Å². The summed E-state index contributed by atoms with van der Waals surface area (Å²) in [5.41, 5.74) is 0.0815. The lowest BCUT2D eigenvalue weighted by molar-refractivity contribution is 0.0695. The molecule has 0 aliphatic carbocycles. The van der Waals surface area contributed by atoms with Crippen LogP contribution < -0.4 is 0 Å². The third-order valence-electron chi connectivity index (χ3n) is 1.70. The van der Waals surface area contributed by atoms with Crippen LogP contribution in [-0.4, -0.2) is 17.4 Å². The Morgan fingerprint density at radius 1 is 1.54 bits per heavy atom. The Bertz CT molecular complexity index is 348. The van der Waals surface area contributed by atoms with Crippen molar-refractivity contribution in [3.63, 3.8) is 0 Å². The first kappa shape index (κ1) is 9.38. The number of hydrogen-bond acceptors (Lipinski definition) is 2. The smallest absolute Gasteiger partial charge is 0.335 e. The molecule has 4 heteroatoms. The van der Waals surface area contributed by atoms with Crippen molar-refractivity contribution in [3.8, 4) is 0 Å². The molecule has 0 fully saturated rings. The fourth-order valence-corrected chi connectivity index (χ4v) is 1.03. The number of aldehydes is 1. The molecule has 0 amide bonds. The highest BCUT2D eigenvalue weighted by Crippen LogP contribution is 2.13. The Hall–Kier alpha value is -1.71. The van der Waals surface area contributed by atoms with E-state index in [4.69, 9.17) is 5.11 Å². The predicted molar refractivity (Wildman–Crippen MR) is 43.5 cm³/mol. The van der Waals surface area contributed by atoms with E-state index in [1.54, 1.807) is 0 Å². The van der Waals surface area contributed by atoms with Gasteiger partial charge < -0.3 is 5.11 Å². The summed E-state index contributed by atoms with van der Waals surface area (Å²) in [6, 6.07) is 2.09. The van der Waals surface area contributed by atoms with Gasteiger partial charge in [0.1, 0.15) is 5.82 Å². The second-order valence-corrected chi connectivity index (χ2v) is 2.61. The van der Waals surface area contributed by atoms with E-state index in [0.29, 0.717) is 11.8 Å². The van der Waals surface area contributed by atoms with Crippen LogP contribution in [0.3, 0.4) is 0 Å². The van der Waals surface area contributed by atoms with Crippen molar-refractivity contribution in [1.29, 1.82) is 0 Å². The quantitative estimate of drug-likeness (QED) is 0.707. The molecular formula is C9H7FO3. The highest BCUT2D eigenvalue weighted by Gasteiger charge is 2.10. The number of benzene rings is 1. The SMILES string of the molecule is Cc1cc(C(=O)O)cc(F)c1C=O. The standard InChI is InChI=1S/C9H7FO3/c1-5-2-6(9(12)13)3-8(10)7(5)4-11/h2-4H,1H3,(H,12,13). The Balaban J connectivity index is 3.36. The van der Waals surface area contributed by atoms with Gasteiger partial charge in [0.25, 0.3) is 0 Å². The van der Waals surface area contributed by atoms with Crippen molar-refractivity contribution in [1.82, 2.24) is 0 Å².